The summed E-state index contributed by atoms with van der Waals surface area (Å²) in [5.74, 6) is -0.928. The molecule has 1 heterocycles. The molecule has 0 bridgehead atoms. The minimum Gasteiger partial charge on any atom is -0.456 e. The van der Waals surface area contributed by atoms with E-state index in [1.54, 1.807) is 32.0 Å². The monoisotopic (exact) mass is 353 g/mol. The van der Waals surface area contributed by atoms with E-state index in [2.05, 4.69) is 5.32 Å². The fraction of sp³-hybridized carbons (Fsp3) is 0.263. The zero-order valence-electron chi connectivity index (χ0n) is 14.6. The second-order valence-corrected chi connectivity index (χ2v) is 6.26. The van der Waals surface area contributed by atoms with E-state index < -0.39 is 31.1 Å². The van der Waals surface area contributed by atoms with Gasteiger partial charge in [-0.2, -0.15) is 0 Å². The lowest BCUT2D eigenvalue weighted by Crippen LogP contribution is -2.40. The summed E-state index contributed by atoms with van der Waals surface area (Å²) in [7, 11) is -1.02. The molecule has 2 aromatic rings. The van der Waals surface area contributed by atoms with Crippen LogP contribution in [0.25, 0.3) is 0 Å². The molecule has 0 aliphatic carbocycles. The molecule has 6 nitrogen and oxygen atoms in total. The van der Waals surface area contributed by atoms with Crippen molar-refractivity contribution in [3.05, 3.63) is 65.2 Å². The average Bonchev–Trinajstić information content (AvgIpc) is 3.02. The van der Waals surface area contributed by atoms with E-state index in [0.717, 1.165) is 11.1 Å². The number of nitrogens with one attached hydrogen (secondary N) is 1. The molecule has 0 unspecified atom stereocenters. The van der Waals surface area contributed by atoms with Gasteiger partial charge in [0.15, 0.2) is 0 Å². The molecule has 1 amide bonds. The predicted octanol–water partition coefficient (Wildman–Crippen LogP) is 1.33. The lowest BCUT2D eigenvalue weighted by atomic mass is 9.79. The summed E-state index contributed by atoms with van der Waals surface area (Å²) in [6.07, 6.45) is -0.407. The van der Waals surface area contributed by atoms with Crippen molar-refractivity contribution < 1.29 is 24.0 Å². The van der Waals surface area contributed by atoms with E-state index in [-0.39, 0.29) is 0 Å². The van der Waals surface area contributed by atoms with Crippen LogP contribution in [0, 0.1) is 0 Å². The maximum Gasteiger partial charge on any atom is 0.491 e. The van der Waals surface area contributed by atoms with Gasteiger partial charge < -0.3 is 19.7 Å². The summed E-state index contributed by atoms with van der Waals surface area (Å²) < 4.78 is 10.5. The third kappa shape index (κ3) is 3.95. The normalized spacial score (nSPS) is 15.1. The molecular formula is C19H20BNO5. The molecule has 0 spiro atoms. The zero-order chi connectivity index (χ0) is 18.7. The summed E-state index contributed by atoms with van der Waals surface area (Å²) in [5.41, 5.74) is 2.65. The van der Waals surface area contributed by atoms with Crippen molar-refractivity contribution in [2.75, 3.05) is 0 Å². The van der Waals surface area contributed by atoms with E-state index in [4.69, 9.17) is 9.39 Å². The molecule has 134 valence electrons. The van der Waals surface area contributed by atoms with Crippen LogP contribution in [0.15, 0.2) is 48.5 Å². The summed E-state index contributed by atoms with van der Waals surface area (Å²) in [6.45, 7) is 3.67. The number of carbonyl (C=O) groups is 2. The van der Waals surface area contributed by atoms with Crippen LogP contribution in [-0.2, 0) is 20.8 Å². The highest BCUT2D eigenvalue weighted by atomic mass is 16.5. The number of fused-ring (bicyclic) bond motifs is 1. The number of hydrogen-bond donors (Lipinski definition) is 2. The second kappa shape index (κ2) is 7.72. The van der Waals surface area contributed by atoms with Crippen LogP contribution in [0.4, 0.5) is 0 Å². The number of rotatable bonds is 5. The Morgan fingerprint density at radius 1 is 1.19 bits per heavy atom. The van der Waals surface area contributed by atoms with Crippen LogP contribution in [0.5, 0.6) is 0 Å². The number of benzene rings is 2. The van der Waals surface area contributed by atoms with Gasteiger partial charge in [-0.1, -0.05) is 36.4 Å². The third-order valence-corrected chi connectivity index (χ3v) is 4.33. The number of amides is 1. The second-order valence-electron chi connectivity index (χ2n) is 6.26. The topological polar surface area (TPSA) is 84.9 Å². The van der Waals surface area contributed by atoms with Crippen molar-refractivity contribution in [2.24, 2.45) is 0 Å². The molecule has 3 rings (SSSR count). The van der Waals surface area contributed by atoms with Gasteiger partial charge in [0, 0.05) is 5.56 Å². The molecule has 2 aromatic carbocycles. The summed E-state index contributed by atoms with van der Waals surface area (Å²) in [6, 6.07) is 13.5. The Hall–Kier alpha value is -2.64. The first-order chi connectivity index (χ1) is 12.5. The van der Waals surface area contributed by atoms with Gasteiger partial charge in [0.25, 0.3) is 5.91 Å². The lowest BCUT2D eigenvalue weighted by molar-refractivity contribution is -0.150. The Bertz CT molecular complexity index is 811. The van der Waals surface area contributed by atoms with Gasteiger partial charge in [-0.05, 0) is 42.6 Å². The van der Waals surface area contributed by atoms with Gasteiger partial charge in [0.2, 0.25) is 0 Å². The zero-order valence-corrected chi connectivity index (χ0v) is 14.6. The molecule has 2 atom stereocenters. The van der Waals surface area contributed by atoms with Crippen molar-refractivity contribution in [1.29, 1.82) is 0 Å². The summed E-state index contributed by atoms with van der Waals surface area (Å²) in [5, 5.41) is 12.4. The third-order valence-electron chi connectivity index (χ3n) is 4.33. The molecule has 1 aliphatic heterocycles. The van der Waals surface area contributed by atoms with Crippen LogP contribution >= 0.6 is 0 Å². The highest BCUT2D eigenvalue weighted by molar-refractivity contribution is 6.61. The largest absolute Gasteiger partial charge is 0.491 e. The van der Waals surface area contributed by atoms with Gasteiger partial charge in [0.05, 0.1) is 6.61 Å². The lowest BCUT2D eigenvalue weighted by Gasteiger charge is -2.18. The van der Waals surface area contributed by atoms with Crippen LogP contribution in [0.3, 0.4) is 0 Å². The Labute approximate surface area is 152 Å². The van der Waals surface area contributed by atoms with Crippen LogP contribution < -0.4 is 10.8 Å². The molecular weight excluding hydrogens is 333 g/mol. The highest BCUT2D eigenvalue weighted by Gasteiger charge is 2.28. The van der Waals surface area contributed by atoms with Crippen LogP contribution in [0.2, 0.25) is 0 Å². The van der Waals surface area contributed by atoms with E-state index in [1.807, 2.05) is 30.3 Å². The maximum atomic E-state index is 12.4. The molecule has 1 aliphatic rings. The quantitative estimate of drug-likeness (QED) is 0.626. The molecule has 7 heteroatoms. The van der Waals surface area contributed by atoms with E-state index >= 15 is 0 Å². The molecule has 2 N–H and O–H groups in total. The van der Waals surface area contributed by atoms with Crippen molar-refractivity contribution in [3.8, 4) is 0 Å². The average molecular weight is 353 g/mol. The molecule has 0 saturated heterocycles. The number of carbonyl (C=O) groups excluding carboxylic acids is 2. The fourth-order valence-electron chi connectivity index (χ4n) is 2.76. The van der Waals surface area contributed by atoms with Gasteiger partial charge >= 0.3 is 13.1 Å². The minimum atomic E-state index is -1.02. The first-order valence-corrected chi connectivity index (χ1v) is 8.44. The highest BCUT2D eigenvalue weighted by Crippen LogP contribution is 2.17. The Morgan fingerprint density at radius 2 is 1.92 bits per heavy atom. The Kier molecular flexibility index (Phi) is 5.39. The first-order valence-electron chi connectivity index (χ1n) is 8.44. The van der Waals surface area contributed by atoms with Gasteiger partial charge in [0.1, 0.15) is 12.1 Å². The van der Waals surface area contributed by atoms with E-state index in [0.29, 0.717) is 17.6 Å². The van der Waals surface area contributed by atoms with Crippen molar-refractivity contribution in [2.45, 2.75) is 32.6 Å². The predicted molar refractivity (Wildman–Crippen MR) is 96.7 cm³/mol. The number of hydrogen-bond acceptors (Lipinski definition) is 5. The van der Waals surface area contributed by atoms with Gasteiger partial charge in [-0.25, -0.2) is 4.79 Å². The Morgan fingerprint density at radius 3 is 2.65 bits per heavy atom. The van der Waals surface area contributed by atoms with E-state index in [9.17, 15) is 14.6 Å². The first kappa shape index (κ1) is 18.2. The number of ether oxygens (including phenoxy) is 1. The minimum absolute atomic E-state index is 0.318. The molecule has 0 radical (unpaired) electrons. The summed E-state index contributed by atoms with van der Waals surface area (Å²) in [4.78, 5) is 24.6. The van der Waals surface area contributed by atoms with Gasteiger partial charge in [-0.15, -0.1) is 0 Å². The smallest absolute Gasteiger partial charge is 0.456 e. The van der Waals surface area contributed by atoms with Crippen molar-refractivity contribution in [3.63, 3.8) is 0 Å². The maximum absolute atomic E-state index is 12.4. The summed E-state index contributed by atoms with van der Waals surface area (Å²) >= 11 is 0. The fourth-order valence-corrected chi connectivity index (χ4v) is 2.76. The van der Waals surface area contributed by atoms with Crippen LogP contribution in [-0.4, -0.2) is 30.1 Å². The molecule has 0 saturated carbocycles. The Balaban J connectivity index is 1.60. The van der Waals surface area contributed by atoms with Gasteiger partial charge in [-0.3, -0.25) is 4.79 Å². The van der Waals surface area contributed by atoms with Crippen molar-refractivity contribution in [1.82, 2.24) is 5.32 Å². The molecule has 0 fully saturated rings. The number of esters is 1. The van der Waals surface area contributed by atoms with Crippen LogP contribution in [0.1, 0.15) is 41.4 Å². The molecule has 0 aromatic heterocycles. The van der Waals surface area contributed by atoms with Crippen molar-refractivity contribution >= 4 is 24.5 Å². The SMILES string of the molecule is C[C@H](NC(=O)c1ccc2c(c1)B(O)OC2)C(=O)O[C@H](C)c1ccccc1. The standard InChI is InChI=1S/C19H20BNO5/c1-12(19(23)26-13(2)14-6-4-3-5-7-14)21-18(22)15-8-9-16-11-25-20(24)17(16)10-15/h3-10,12-13,24H,11H2,1-2H3,(H,21,22)/t12-,13+/m0/s1. The van der Waals surface area contributed by atoms with E-state index in [1.165, 1.54) is 0 Å². The molecule has 26 heavy (non-hydrogen) atoms.